The molecule has 1 aliphatic heterocycles. The van der Waals surface area contributed by atoms with Crippen LogP contribution in [0, 0.1) is 5.92 Å². The molecule has 0 spiro atoms. The van der Waals surface area contributed by atoms with Crippen LogP contribution in [0.25, 0.3) is 0 Å². The largest absolute Gasteiger partial charge is 0.497 e. The van der Waals surface area contributed by atoms with Gasteiger partial charge in [-0.05, 0) is 54.2 Å². The Morgan fingerprint density at radius 3 is 2.16 bits per heavy atom. The molecule has 0 saturated carbocycles. The summed E-state index contributed by atoms with van der Waals surface area (Å²) in [7, 11) is -1.83. The first-order valence-electron chi connectivity index (χ1n) is 10.8. The van der Waals surface area contributed by atoms with Gasteiger partial charge in [0.15, 0.2) is 0 Å². The minimum Gasteiger partial charge on any atom is -0.497 e. The number of sulfonamides is 1. The van der Waals surface area contributed by atoms with Gasteiger partial charge in [0.2, 0.25) is 15.9 Å². The fourth-order valence-electron chi connectivity index (χ4n) is 3.89. The number of piperidine rings is 1. The number of ether oxygens (including phenoxy) is 1. The van der Waals surface area contributed by atoms with Crippen molar-refractivity contribution in [1.82, 2.24) is 9.62 Å². The molecule has 31 heavy (non-hydrogen) atoms. The van der Waals surface area contributed by atoms with Gasteiger partial charge < -0.3 is 10.1 Å². The van der Waals surface area contributed by atoms with Gasteiger partial charge in [-0.15, -0.1) is 0 Å². The van der Waals surface area contributed by atoms with E-state index >= 15 is 0 Å². The lowest BCUT2D eigenvalue weighted by molar-refractivity contribution is -0.121. The first-order valence-corrected chi connectivity index (χ1v) is 12.3. The summed E-state index contributed by atoms with van der Waals surface area (Å²) >= 11 is 0. The molecule has 3 rings (SSSR count). The number of hydrogen-bond acceptors (Lipinski definition) is 4. The van der Waals surface area contributed by atoms with E-state index in [1.165, 1.54) is 0 Å². The molecule has 0 aromatic heterocycles. The van der Waals surface area contributed by atoms with Gasteiger partial charge >= 0.3 is 0 Å². The molecule has 0 radical (unpaired) electrons. The van der Waals surface area contributed by atoms with Gasteiger partial charge in [-0.3, -0.25) is 4.79 Å². The zero-order valence-corrected chi connectivity index (χ0v) is 19.3. The molecule has 1 saturated heterocycles. The molecular weight excluding hydrogens is 412 g/mol. The third-order valence-electron chi connectivity index (χ3n) is 5.70. The molecule has 1 atom stereocenters. The summed E-state index contributed by atoms with van der Waals surface area (Å²) in [5.41, 5.74) is 1.81. The van der Waals surface area contributed by atoms with E-state index in [-0.39, 0.29) is 29.2 Å². The third kappa shape index (κ3) is 5.86. The van der Waals surface area contributed by atoms with Crippen molar-refractivity contribution >= 4 is 15.9 Å². The first-order chi connectivity index (χ1) is 14.8. The van der Waals surface area contributed by atoms with Crippen molar-refractivity contribution in [2.75, 3.05) is 20.2 Å². The molecule has 0 bridgehead atoms. The van der Waals surface area contributed by atoms with E-state index in [2.05, 4.69) is 19.2 Å². The Kier molecular flexibility index (Phi) is 7.73. The predicted octanol–water partition coefficient (Wildman–Crippen LogP) is 3.93. The highest BCUT2D eigenvalue weighted by Crippen LogP contribution is 2.24. The van der Waals surface area contributed by atoms with E-state index in [9.17, 15) is 13.2 Å². The highest BCUT2D eigenvalue weighted by Gasteiger charge is 2.26. The van der Waals surface area contributed by atoms with Crippen molar-refractivity contribution in [2.24, 2.45) is 5.92 Å². The molecule has 0 aliphatic carbocycles. The Balaban J connectivity index is 1.65. The maximum absolute atomic E-state index is 12.8. The SMILES string of the molecule is COc1ccc(C(NC(=O)Cc2ccc(S(=O)(=O)N3CCCCC3)cc2)C(C)C)cc1. The van der Waals surface area contributed by atoms with Gasteiger partial charge in [0.05, 0.1) is 24.5 Å². The summed E-state index contributed by atoms with van der Waals surface area (Å²) in [4.78, 5) is 13.0. The van der Waals surface area contributed by atoms with Crippen molar-refractivity contribution in [3.8, 4) is 5.75 Å². The van der Waals surface area contributed by atoms with Crippen molar-refractivity contribution in [2.45, 2.75) is 50.5 Å². The maximum atomic E-state index is 12.8. The summed E-state index contributed by atoms with van der Waals surface area (Å²) in [5, 5.41) is 3.11. The Bertz CT molecular complexity index is 964. The Morgan fingerprint density at radius 1 is 1.00 bits per heavy atom. The summed E-state index contributed by atoms with van der Waals surface area (Å²) in [6, 6.07) is 14.3. The van der Waals surface area contributed by atoms with E-state index < -0.39 is 10.0 Å². The van der Waals surface area contributed by atoms with Crippen LogP contribution in [0.3, 0.4) is 0 Å². The number of amides is 1. The van der Waals surface area contributed by atoms with Crippen LogP contribution in [0.1, 0.15) is 50.3 Å². The van der Waals surface area contributed by atoms with Crippen molar-refractivity contribution in [3.05, 3.63) is 59.7 Å². The standard InChI is InChI=1S/C24H32N2O4S/c1-18(2)24(20-9-11-21(30-3)12-10-20)25-23(27)17-19-7-13-22(14-8-19)31(28,29)26-15-5-4-6-16-26/h7-14,18,24H,4-6,15-17H2,1-3H3,(H,25,27). The number of methoxy groups -OCH3 is 1. The normalized spacial score (nSPS) is 16.1. The minimum absolute atomic E-state index is 0.0962. The van der Waals surface area contributed by atoms with Gasteiger partial charge in [0, 0.05) is 13.1 Å². The number of nitrogens with zero attached hydrogens (tertiary/aromatic N) is 1. The Hall–Kier alpha value is -2.38. The quantitative estimate of drug-likeness (QED) is 0.669. The molecule has 2 aromatic carbocycles. The van der Waals surface area contributed by atoms with Crippen LogP contribution in [0.15, 0.2) is 53.4 Å². The number of hydrogen-bond donors (Lipinski definition) is 1. The van der Waals surface area contributed by atoms with E-state index in [4.69, 9.17) is 4.74 Å². The molecule has 1 N–H and O–H groups in total. The summed E-state index contributed by atoms with van der Waals surface area (Å²) in [5.74, 6) is 0.896. The number of nitrogens with one attached hydrogen (secondary N) is 1. The highest BCUT2D eigenvalue weighted by atomic mass is 32.2. The van der Waals surface area contributed by atoms with E-state index in [1.807, 2.05) is 24.3 Å². The Morgan fingerprint density at radius 2 is 1.61 bits per heavy atom. The second-order valence-corrected chi connectivity index (χ2v) is 10.3. The molecule has 2 aromatic rings. The molecule has 6 nitrogen and oxygen atoms in total. The van der Waals surface area contributed by atoms with Gasteiger partial charge in [-0.2, -0.15) is 4.31 Å². The zero-order chi connectivity index (χ0) is 22.4. The summed E-state index contributed by atoms with van der Waals surface area (Å²) in [6.07, 6.45) is 3.09. The smallest absolute Gasteiger partial charge is 0.243 e. The monoisotopic (exact) mass is 444 g/mol. The molecule has 1 amide bonds. The number of rotatable bonds is 8. The van der Waals surface area contributed by atoms with Crippen LogP contribution in [0.2, 0.25) is 0 Å². The van der Waals surface area contributed by atoms with E-state index in [0.717, 1.165) is 36.1 Å². The topological polar surface area (TPSA) is 75.7 Å². The van der Waals surface area contributed by atoms with Crippen LogP contribution in [0.5, 0.6) is 5.75 Å². The molecule has 168 valence electrons. The van der Waals surface area contributed by atoms with Crippen molar-refractivity contribution in [3.63, 3.8) is 0 Å². The van der Waals surface area contributed by atoms with E-state index in [1.54, 1.807) is 35.7 Å². The fraction of sp³-hybridized carbons (Fsp3) is 0.458. The molecule has 1 fully saturated rings. The van der Waals surface area contributed by atoms with Gasteiger partial charge in [-0.25, -0.2) is 8.42 Å². The molecule has 1 aliphatic rings. The minimum atomic E-state index is -3.46. The van der Waals surface area contributed by atoms with Crippen LogP contribution in [-0.2, 0) is 21.2 Å². The lowest BCUT2D eigenvalue weighted by atomic mass is 9.95. The van der Waals surface area contributed by atoms with Crippen LogP contribution >= 0.6 is 0 Å². The second kappa shape index (κ2) is 10.3. The number of carbonyl (C=O) groups excluding carboxylic acids is 1. The third-order valence-corrected chi connectivity index (χ3v) is 7.61. The molecule has 1 heterocycles. The lowest BCUT2D eigenvalue weighted by Gasteiger charge is -2.26. The molecule has 7 heteroatoms. The van der Waals surface area contributed by atoms with Crippen LogP contribution < -0.4 is 10.1 Å². The van der Waals surface area contributed by atoms with Gasteiger partial charge in [0.25, 0.3) is 0 Å². The lowest BCUT2D eigenvalue weighted by Crippen LogP contribution is -2.35. The molecular formula is C24H32N2O4S. The average Bonchev–Trinajstić information content (AvgIpc) is 2.78. The van der Waals surface area contributed by atoms with Gasteiger partial charge in [0.1, 0.15) is 5.75 Å². The van der Waals surface area contributed by atoms with Gasteiger partial charge in [-0.1, -0.05) is 44.5 Å². The average molecular weight is 445 g/mol. The van der Waals surface area contributed by atoms with Crippen molar-refractivity contribution in [1.29, 1.82) is 0 Å². The second-order valence-electron chi connectivity index (χ2n) is 8.35. The molecule has 1 unspecified atom stereocenters. The number of benzene rings is 2. The highest BCUT2D eigenvalue weighted by molar-refractivity contribution is 7.89. The van der Waals surface area contributed by atoms with E-state index in [0.29, 0.717) is 13.1 Å². The Labute approximate surface area is 185 Å². The fourth-order valence-corrected chi connectivity index (χ4v) is 5.41. The van der Waals surface area contributed by atoms with Crippen LogP contribution in [-0.4, -0.2) is 38.8 Å². The first kappa shape index (κ1) is 23.3. The zero-order valence-electron chi connectivity index (χ0n) is 18.5. The van der Waals surface area contributed by atoms with Crippen LogP contribution in [0.4, 0.5) is 0 Å². The number of carbonyl (C=O) groups is 1. The summed E-state index contributed by atoms with van der Waals surface area (Å²) in [6.45, 7) is 5.29. The summed E-state index contributed by atoms with van der Waals surface area (Å²) < 4.78 is 32.3. The maximum Gasteiger partial charge on any atom is 0.243 e. The van der Waals surface area contributed by atoms with Crippen molar-refractivity contribution < 1.29 is 17.9 Å². The predicted molar refractivity (Wildman–Crippen MR) is 121 cm³/mol.